The van der Waals surface area contributed by atoms with Crippen LogP contribution in [-0.2, 0) is 0 Å². The molecule has 0 saturated carbocycles. The molecule has 1 amide bonds. The van der Waals surface area contributed by atoms with Crippen molar-refractivity contribution in [1.29, 1.82) is 0 Å². The van der Waals surface area contributed by atoms with Crippen LogP contribution in [0.1, 0.15) is 28.9 Å². The molecule has 0 bridgehead atoms. The molecule has 1 atom stereocenters. The van der Waals surface area contributed by atoms with E-state index in [1.165, 1.54) is 10.6 Å². The molecule has 0 fully saturated rings. The molecule has 0 spiro atoms. The minimum absolute atomic E-state index is 0.0134. The van der Waals surface area contributed by atoms with Gasteiger partial charge in [-0.25, -0.2) is 4.98 Å². The Morgan fingerprint density at radius 1 is 1.23 bits per heavy atom. The summed E-state index contributed by atoms with van der Waals surface area (Å²) in [5, 5.41) is 2.79. The molecule has 0 aliphatic carbocycles. The van der Waals surface area contributed by atoms with E-state index in [4.69, 9.17) is 0 Å². The fraction of sp³-hybridized carbons (Fsp3) is 0.125. The minimum Gasteiger partial charge on any atom is -0.345 e. The van der Waals surface area contributed by atoms with Gasteiger partial charge in [0.1, 0.15) is 11.2 Å². The molecule has 0 aliphatic rings. The molecule has 0 aliphatic heterocycles. The molecule has 0 unspecified atom stereocenters. The van der Waals surface area contributed by atoms with Gasteiger partial charge in [-0.1, -0.05) is 12.1 Å². The van der Waals surface area contributed by atoms with Crippen LogP contribution in [0.3, 0.4) is 0 Å². The smallest absolute Gasteiger partial charge is 0.270 e. The third-order valence-corrected chi connectivity index (χ3v) is 3.39. The predicted molar refractivity (Wildman–Crippen MR) is 81.6 cm³/mol. The number of nitrogens with one attached hydrogen (secondary N) is 1. The zero-order chi connectivity index (χ0) is 15.5. The van der Waals surface area contributed by atoms with E-state index in [1.807, 2.05) is 13.0 Å². The first-order chi connectivity index (χ1) is 10.7. The standard InChI is InChI=1S/C16H14N4O2/c1-11(12-5-4-7-17-9-12)19-15(21)13-10-18-14-6-2-3-8-20(14)16(13)22/h2-11H,1H3,(H,19,21)/t11-/m0/s1. The van der Waals surface area contributed by atoms with Gasteiger partial charge in [0.05, 0.1) is 6.04 Å². The molecule has 3 aromatic heterocycles. The molecule has 0 saturated heterocycles. The van der Waals surface area contributed by atoms with E-state index in [0.717, 1.165) is 5.56 Å². The maximum atomic E-state index is 12.3. The Morgan fingerprint density at radius 2 is 2.09 bits per heavy atom. The number of carbonyl (C=O) groups excluding carboxylic acids is 1. The van der Waals surface area contributed by atoms with Crippen molar-refractivity contribution < 1.29 is 4.79 Å². The Hall–Kier alpha value is -3.02. The summed E-state index contributed by atoms with van der Waals surface area (Å²) in [6.07, 6.45) is 6.24. The topological polar surface area (TPSA) is 76.4 Å². The lowest BCUT2D eigenvalue weighted by Crippen LogP contribution is -2.33. The van der Waals surface area contributed by atoms with Gasteiger partial charge in [0.25, 0.3) is 11.5 Å². The lowest BCUT2D eigenvalue weighted by atomic mass is 10.1. The van der Waals surface area contributed by atoms with Crippen LogP contribution in [0.25, 0.3) is 5.65 Å². The number of pyridine rings is 2. The molecule has 1 N–H and O–H groups in total. The number of nitrogens with zero attached hydrogens (tertiary/aromatic N) is 3. The van der Waals surface area contributed by atoms with Gasteiger partial charge in [0, 0.05) is 24.8 Å². The molecule has 22 heavy (non-hydrogen) atoms. The number of hydrogen-bond donors (Lipinski definition) is 1. The van der Waals surface area contributed by atoms with Crippen molar-refractivity contribution in [2.75, 3.05) is 0 Å². The molecule has 3 heterocycles. The van der Waals surface area contributed by atoms with E-state index in [-0.39, 0.29) is 17.2 Å². The van der Waals surface area contributed by atoms with Crippen molar-refractivity contribution in [3.8, 4) is 0 Å². The monoisotopic (exact) mass is 294 g/mol. The van der Waals surface area contributed by atoms with Crippen LogP contribution in [0.2, 0.25) is 0 Å². The first kappa shape index (κ1) is 13.9. The quantitative estimate of drug-likeness (QED) is 0.795. The van der Waals surface area contributed by atoms with Crippen molar-refractivity contribution in [2.24, 2.45) is 0 Å². The number of fused-ring (bicyclic) bond motifs is 1. The molecular formula is C16H14N4O2. The van der Waals surface area contributed by atoms with Crippen LogP contribution in [-0.4, -0.2) is 20.3 Å². The van der Waals surface area contributed by atoms with Crippen molar-refractivity contribution in [3.05, 3.63) is 76.6 Å². The highest BCUT2D eigenvalue weighted by Crippen LogP contribution is 2.10. The summed E-state index contributed by atoms with van der Waals surface area (Å²) in [4.78, 5) is 32.8. The van der Waals surface area contributed by atoms with Crippen LogP contribution >= 0.6 is 0 Å². The van der Waals surface area contributed by atoms with Crippen LogP contribution in [0, 0.1) is 0 Å². The van der Waals surface area contributed by atoms with E-state index in [1.54, 1.807) is 42.9 Å². The second kappa shape index (κ2) is 5.77. The Labute approximate surface area is 126 Å². The van der Waals surface area contributed by atoms with Gasteiger partial charge in [-0.3, -0.25) is 19.0 Å². The van der Waals surface area contributed by atoms with E-state index >= 15 is 0 Å². The van der Waals surface area contributed by atoms with Gasteiger partial charge >= 0.3 is 0 Å². The Bertz CT molecular complexity index is 874. The average Bonchev–Trinajstić information content (AvgIpc) is 2.56. The average molecular weight is 294 g/mol. The molecule has 110 valence electrons. The third-order valence-electron chi connectivity index (χ3n) is 3.39. The van der Waals surface area contributed by atoms with E-state index in [2.05, 4.69) is 15.3 Å². The molecule has 6 nitrogen and oxygen atoms in total. The van der Waals surface area contributed by atoms with E-state index < -0.39 is 5.91 Å². The number of aromatic nitrogens is 3. The molecule has 3 rings (SSSR count). The summed E-state index contributed by atoms with van der Waals surface area (Å²) in [6, 6.07) is 8.62. The van der Waals surface area contributed by atoms with Crippen LogP contribution in [0.4, 0.5) is 0 Å². The largest absolute Gasteiger partial charge is 0.345 e. The number of amides is 1. The lowest BCUT2D eigenvalue weighted by molar-refractivity contribution is 0.0938. The summed E-state index contributed by atoms with van der Waals surface area (Å²) >= 11 is 0. The highest BCUT2D eigenvalue weighted by atomic mass is 16.2. The second-order valence-corrected chi connectivity index (χ2v) is 4.89. The Balaban J connectivity index is 1.90. The maximum absolute atomic E-state index is 12.3. The number of rotatable bonds is 3. The van der Waals surface area contributed by atoms with Crippen molar-refractivity contribution in [1.82, 2.24) is 19.7 Å². The summed E-state index contributed by atoms with van der Waals surface area (Å²) in [5.41, 5.74) is 0.995. The highest BCUT2D eigenvalue weighted by molar-refractivity contribution is 5.94. The summed E-state index contributed by atoms with van der Waals surface area (Å²) in [7, 11) is 0. The Morgan fingerprint density at radius 3 is 2.86 bits per heavy atom. The van der Waals surface area contributed by atoms with Crippen molar-refractivity contribution in [2.45, 2.75) is 13.0 Å². The molecule has 3 aromatic rings. The normalized spacial score (nSPS) is 12.0. The van der Waals surface area contributed by atoms with Crippen LogP contribution in [0.5, 0.6) is 0 Å². The van der Waals surface area contributed by atoms with E-state index in [9.17, 15) is 9.59 Å². The predicted octanol–water partition coefficient (Wildman–Crippen LogP) is 1.58. The zero-order valence-corrected chi connectivity index (χ0v) is 11.9. The third kappa shape index (κ3) is 2.58. The maximum Gasteiger partial charge on any atom is 0.270 e. The zero-order valence-electron chi connectivity index (χ0n) is 11.9. The SMILES string of the molecule is C[C@H](NC(=O)c1cnc2ccccn2c1=O)c1cccnc1. The highest BCUT2D eigenvalue weighted by Gasteiger charge is 2.16. The lowest BCUT2D eigenvalue weighted by Gasteiger charge is -2.13. The van der Waals surface area contributed by atoms with Gasteiger partial charge < -0.3 is 5.32 Å². The van der Waals surface area contributed by atoms with Crippen LogP contribution < -0.4 is 10.9 Å². The number of hydrogen-bond acceptors (Lipinski definition) is 4. The van der Waals surface area contributed by atoms with E-state index in [0.29, 0.717) is 5.65 Å². The summed E-state index contributed by atoms with van der Waals surface area (Å²) in [5.74, 6) is -0.452. The molecule has 0 aromatic carbocycles. The molecular weight excluding hydrogens is 280 g/mol. The first-order valence-electron chi connectivity index (χ1n) is 6.84. The molecule has 0 radical (unpaired) electrons. The fourth-order valence-electron chi connectivity index (χ4n) is 2.17. The fourth-order valence-corrected chi connectivity index (χ4v) is 2.17. The molecule has 6 heteroatoms. The van der Waals surface area contributed by atoms with Crippen LogP contribution in [0.15, 0.2) is 59.9 Å². The summed E-state index contributed by atoms with van der Waals surface area (Å²) in [6.45, 7) is 1.83. The van der Waals surface area contributed by atoms with Crippen molar-refractivity contribution in [3.63, 3.8) is 0 Å². The van der Waals surface area contributed by atoms with Crippen molar-refractivity contribution >= 4 is 11.6 Å². The van der Waals surface area contributed by atoms with Gasteiger partial charge in [0.2, 0.25) is 0 Å². The second-order valence-electron chi connectivity index (χ2n) is 4.89. The van der Waals surface area contributed by atoms with Gasteiger partial charge in [-0.05, 0) is 30.7 Å². The van der Waals surface area contributed by atoms with Gasteiger partial charge in [0.15, 0.2) is 0 Å². The minimum atomic E-state index is -0.452. The first-order valence-corrected chi connectivity index (χ1v) is 6.84. The van der Waals surface area contributed by atoms with Gasteiger partial charge in [-0.15, -0.1) is 0 Å². The summed E-state index contributed by atoms with van der Waals surface area (Å²) < 4.78 is 1.35. The van der Waals surface area contributed by atoms with Gasteiger partial charge in [-0.2, -0.15) is 0 Å². The number of carbonyl (C=O) groups is 1. The Kier molecular flexibility index (Phi) is 3.65.